The Bertz CT molecular complexity index is 889. The summed E-state index contributed by atoms with van der Waals surface area (Å²) >= 11 is 1.44. The molecule has 1 aliphatic rings. The molecule has 0 radical (unpaired) electrons. The molecule has 1 amide bonds. The van der Waals surface area contributed by atoms with Crippen LogP contribution in [-0.2, 0) is 15.6 Å². The lowest BCUT2D eigenvalue weighted by molar-refractivity contribution is -0.758. The van der Waals surface area contributed by atoms with Crippen molar-refractivity contribution in [2.75, 3.05) is 42.3 Å². The zero-order valence-electron chi connectivity index (χ0n) is 19.3. The van der Waals surface area contributed by atoms with Crippen molar-refractivity contribution in [3.05, 3.63) is 29.5 Å². The summed E-state index contributed by atoms with van der Waals surface area (Å²) in [5, 5.41) is 22.9. The van der Waals surface area contributed by atoms with Crippen LogP contribution in [-0.4, -0.2) is 48.2 Å². The minimum atomic E-state index is -0.208. The van der Waals surface area contributed by atoms with Crippen LogP contribution in [0.3, 0.4) is 0 Å². The Kier molecular flexibility index (Phi) is 6.85. The van der Waals surface area contributed by atoms with Gasteiger partial charge in [-0.15, -0.1) is 11.8 Å². The Balaban J connectivity index is 1.68. The van der Waals surface area contributed by atoms with Gasteiger partial charge in [0, 0.05) is 29.1 Å². The zero-order valence-corrected chi connectivity index (χ0v) is 20.1. The van der Waals surface area contributed by atoms with Crippen molar-refractivity contribution in [1.82, 2.24) is 10.6 Å². The fourth-order valence-corrected chi connectivity index (χ4v) is 4.21. The summed E-state index contributed by atoms with van der Waals surface area (Å²) in [5.74, 6) is 0.719. The van der Waals surface area contributed by atoms with Gasteiger partial charge in [-0.1, -0.05) is 41.5 Å². The average molecular weight is 449 g/mol. The van der Waals surface area contributed by atoms with Gasteiger partial charge in [0.25, 0.3) is 6.20 Å². The molecule has 0 aliphatic carbocycles. The number of carbonyl (C=O) groups is 1. The second-order valence-corrected chi connectivity index (χ2v) is 10.9. The van der Waals surface area contributed by atoms with Crippen molar-refractivity contribution in [2.45, 2.75) is 57.3 Å². The number of carbonyl (C=O) groups excluding carboxylic acids is 1. The first kappa shape index (κ1) is 23.4. The molecule has 9 heteroatoms. The van der Waals surface area contributed by atoms with Gasteiger partial charge in [0.2, 0.25) is 11.2 Å². The number of aromatic hydroxyl groups is 1. The third kappa shape index (κ3) is 5.92. The summed E-state index contributed by atoms with van der Waals surface area (Å²) in [5.41, 5.74) is 1.35. The molecule has 1 aromatic carbocycles. The van der Waals surface area contributed by atoms with Gasteiger partial charge in [-0.2, -0.15) is 5.01 Å². The minimum absolute atomic E-state index is 0.170. The van der Waals surface area contributed by atoms with Crippen molar-refractivity contribution in [3.8, 4) is 5.75 Å². The minimum Gasteiger partial charge on any atom is -0.507 e. The average Bonchev–Trinajstić information content (AvgIpc) is 3.14. The smallest absolute Gasteiger partial charge is 0.305 e. The third-order valence-electron chi connectivity index (χ3n) is 5.17. The lowest BCUT2D eigenvalue weighted by Crippen LogP contribution is -2.64. The highest BCUT2D eigenvalue weighted by Gasteiger charge is 2.27. The molecule has 170 valence electrons. The highest BCUT2D eigenvalue weighted by molar-refractivity contribution is 8.00. The highest BCUT2D eigenvalue weighted by Crippen LogP contribution is 2.41. The molecular weight excluding hydrogens is 414 g/mol. The summed E-state index contributed by atoms with van der Waals surface area (Å²) in [6.07, 6.45) is 1.68. The van der Waals surface area contributed by atoms with Crippen LogP contribution in [0.25, 0.3) is 0 Å². The predicted octanol–water partition coefficient (Wildman–Crippen LogP) is 2.53. The number of aromatic nitrogens is 2. The number of nitrogens with zero attached hydrogens (tertiary/aromatic N) is 3. The monoisotopic (exact) mass is 448 g/mol. The number of anilines is 1. The number of hydrogen-bond acceptors (Lipinski definition) is 7. The number of nitrogens with one attached hydrogen (secondary N) is 2. The van der Waals surface area contributed by atoms with E-state index in [9.17, 15) is 9.90 Å². The van der Waals surface area contributed by atoms with E-state index >= 15 is 0 Å². The molecule has 31 heavy (non-hydrogen) atoms. The SMILES string of the molecule is CC(C)(C)c1cc(SCC(=O)Nc2c[n+](N3CCNCC3)no2)cc(C(C)(C)C)c1O. The van der Waals surface area contributed by atoms with Crippen LogP contribution in [0.15, 0.2) is 27.7 Å². The number of phenolic OH excluding ortho intramolecular Hbond substituents is 1. The van der Waals surface area contributed by atoms with E-state index in [1.54, 1.807) is 11.0 Å². The lowest BCUT2D eigenvalue weighted by Gasteiger charge is -2.28. The molecule has 0 unspecified atom stereocenters. The number of benzene rings is 1. The topological polar surface area (TPSA) is 94.5 Å². The number of rotatable bonds is 5. The first-order valence-corrected chi connectivity index (χ1v) is 11.6. The van der Waals surface area contributed by atoms with Crippen LogP contribution in [0, 0.1) is 0 Å². The van der Waals surface area contributed by atoms with Gasteiger partial charge >= 0.3 is 5.88 Å². The lowest BCUT2D eigenvalue weighted by atomic mass is 9.79. The molecule has 1 aliphatic heterocycles. The molecule has 0 atom stereocenters. The van der Waals surface area contributed by atoms with Crippen molar-refractivity contribution < 1.29 is 19.2 Å². The Morgan fingerprint density at radius 3 is 2.32 bits per heavy atom. The van der Waals surface area contributed by atoms with Gasteiger partial charge < -0.3 is 10.4 Å². The summed E-state index contributed by atoms with van der Waals surface area (Å²) in [6, 6.07) is 3.96. The fraction of sp³-hybridized carbons (Fsp3) is 0.591. The first-order valence-electron chi connectivity index (χ1n) is 10.6. The summed E-state index contributed by atoms with van der Waals surface area (Å²) in [6.45, 7) is 15.9. The molecule has 0 bridgehead atoms. The van der Waals surface area contributed by atoms with Gasteiger partial charge in [0.15, 0.2) is 0 Å². The molecule has 1 fully saturated rings. The number of thioether (sulfide) groups is 1. The van der Waals surface area contributed by atoms with Crippen LogP contribution in [0.5, 0.6) is 5.75 Å². The Morgan fingerprint density at radius 2 is 1.77 bits per heavy atom. The van der Waals surface area contributed by atoms with Gasteiger partial charge in [-0.3, -0.25) is 14.6 Å². The molecule has 0 spiro atoms. The molecule has 0 saturated carbocycles. The fourth-order valence-electron chi connectivity index (χ4n) is 3.44. The molecule has 8 nitrogen and oxygen atoms in total. The van der Waals surface area contributed by atoms with E-state index in [1.807, 2.05) is 17.1 Å². The van der Waals surface area contributed by atoms with E-state index in [-0.39, 0.29) is 22.5 Å². The number of hydrogen-bond donors (Lipinski definition) is 3. The maximum Gasteiger partial charge on any atom is 0.305 e. The van der Waals surface area contributed by atoms with E-state index in [1.165, 1.54) is 11.8 Å². The largest absolute Gasteiger partial charge is 0.507 e. The maximum atomic E-state index is 12.5. The molecule has 1 aromatic heterocycles. The van der Waals surface area contributed by atoms with Gasteiger partial charge in [0.1, 0.15) is 5.75 Å². The van der Waals surface area contributed by atoms with Gasteiger partial charge in [-0.25, -0.2) is 0 Å². The molecular formula is C22H34N5O3S+. The van der Waals surface area contributed by atoms with Crippen molar-refractivity contribution in [1.29, 1.82) is 0 Å². The van der Waals surface area contributed by atoms with Crippen molar-refractivity contribution in [2.24, 2.45) is 0 Å². The number of amides is 1. The van der Waals surface area contributed by atoms with E-state index in [2.05, 4.69) is 57.4 Å². The van der Waals surface area contributed by atoms with E-state index in [4.69, 9.17) is 4.52 Å². The van der Waals surface area contributed by atoms with Gasteiger partial charge in [0.05, 0.1) is 23.6 Å². The van der Waals surface area contributed by atoms with Crippen LogP contribution < -0.4 is 20.4 Å². The van der Waals surface area contributed by atoms with Gasteiger partial charge in [-0.05, 0) is 23.0 Å². The molecule has 3 rings (SSSR count). The normalized spacial score (nSPS) is 15.2. The maximum absolute atomic E-state index is 12.5. The highest BCUT2D eigenvalue weighted by atomic mass is 32.2. The van der Waals surface area contributed by atoms with Crippen molar-refractivity contribution >= 4 is 23.6 Å². The number of phenols is 1. The summed E-state index contributed by atoms with van der Waals surface area (Å²) < 4.78 is 5.26. The summed E-state index contributed by atoms with van der Waals surface area (Å²) in [4.78, 5) is 15.1. The van der Waals surface area contributed by atoms with Crippen molar-refractivity contribution in [3.63, 3.8) is 0 Å². The standard InChI is InChI=1S/C22H33N5O3S/c1-21(2,3)16-11-15(12-17(20(16)29)22(4,5)6)31-14-18(28)24-19-13-27(25-30-19)26-9-7-23-8-10-26/h11-13,23H,7-10,14H2,1-6H3,(H-,24,25,28,29)/p+1. The molecule has 2 aromatic rings. The van der Waals surface area contributed by atoms with E-state index < -0.39 is 0 Å². The second-order valence-electron chi connectivity index (χ2n) is 9.89. The summed E-state index contributed by atoms with van der Waals surface area (Å²) in [7, 11) is 0. The molecule has 1 saturated heterocycles. The molecule has 2 heterocycles. The van der Waals surface area contributed by atoms with E-state index in [0.717, 1.165) is 42.2 Å². The quantitative estimate of drug-likeness (QED) is 0.478. The van der Waals surface area contributed by atoms with Crippen LogP contribution >= 0.6 is 11.8 Å². The second kappa shape index (κ2) is 9.08. The zero-order chi connectivity index (χ0) is 22.8. The van der Waals surface area contributed by atoms with Crippen LogP contribution in [0.1, 0.15) is 52.7 Å². The first-order chi connectivity index (χ1) is 14.4. The third-order valence-corrected chi connectivity index (χ3v) is 6.15. The Hall–Kier alpha value is -2.26. The van der Waals surface area contributed by atoms with Crippen LogP contribution in [0.4, 0.5) is 5.88 Å². The predicted molar refractivity (Wildman–Crippen MR) is 122 cm³/mol. The number of piperazine rings is 1. The Labute approximate surface area is 188 Å². The van der Waals surface area contributed by atoms with Crippen LogP contribution in [0.2, 0.25) is 0 Å². The molecule has 3 N–H and O–H groups in total. The van der Waals surface area contributed by atoms with E-state index in [0.29, 0.717) is 11.6 Å². The Morgan fingerprint density at radius 1 is 1.19 bits per heavy atom.